The second-order valence-electron chi connectivity index (χ2n) is 3.91. The van der Waals surface area contributed by atoms with Gasteiger partial charge in [-0.15, -0.1) is 0 Å². The van der Waals surface area contributed by atoms with Crippen LogP contribution < -0.4 is 5.73 Å². The summed E-state index contributed by atoms with van der Waals surface area (Å²) < 4.78 is 0.795. The van der Waals surface area contributed by atoms with Crippen molar-refractivity contribution in [2.45, 2.75) is 0 Å². The Morgan fingerprint density at radius 3 is 2.45 bits per heavy atom. The molecule has 0 aliphatic heterocycles. The first kappa shape index (κ1) is 15.9. The molecule has 0 aliphatic carbocycles. The van der Waals surface area contributed by atoms with Crippen LogP contribution in [0.3, 0.4) is 0 Å². The van der Waals surface area contributed by atoms with E-state index in [1.807, 2.05) is 12.1 Å². The second-order valence-corrected chi connectivity index (χ2v) is 4.76. The van der Waals surface area contributed by atoms with Crippen molar-refractivity contribution in [2.24, 2.45) is 5.73 Å². The minimum absolute atomic E-state index is 0.439. The van der Waals surface area contributed by atoms with E-state index in [0.29, 0.717) is 0 Å². The largest absolute Gasteiger partial charge is 0.480 e. The van der Waals surface area contributed by atoms with Crippen molar-refractivity contribution in [1.29, 1.82) is 0 Å². The van der Waals surface area contributed by atoms with Crippen molar-refractivity contribution in [1.82, 2.24) is 4.90 Å². The highest BCUT2D eigenvalue weighted by molar-refractivity contribution is 9.10. The van der Waals surface area contributed by atoms with Crippen LogP contribution in [0.15, 0.2) is 34.8 Å². The molecule has 0 bridgehead atoms. The number of amides is 2. The van der Waals surface area contributed by atoms with Crippen LogP contribution in [-0.4, -0.2) is 40.9 Å². The predicted molar refractivity (Wildman–Crippen MR) is 76.6 cm³/mol. The molecule has 0 aliphatic rings. The SMILES string of the molecule is NC(=O)CN(CC(=O)O)C(=O)/C=C/c1ccccc1Br. The summed E-state index contributed by atoms with van der Waals surface area (Å²) in [5.74, 6) is -2.58. The molecule has 3 N–H and O–H groups in total. The number of carbonyl (C=O) groups is 3. The fourth-order valence-electron chi connectivity index (χ4n) is 1.44. The lowest BCUT2D eigenvalue weighted by Crippen LogP contribution is -2.40. The highest BCUT2D eigenvalue weighted by Gasteiger charge is 2.16. The molecule has 0 fully saturated rings. The Bertz CT molecular complexity index is 541. The number of nitrogens with two attached hydrogens (primary N) is 1. The molecule has 1 rings (SSSR count). The van der Waals surface area contributed by atoms with E-state index in [9.17, 15) is 14.4 Å². The molecule has 0 aromatic heterocycles. The first-order valence-electron chi connectivity index (χ1n) is 5.61. The third kappa shape index (κ3) is 5.23. The van der Waals surface area contributed by atoms with Gasteiger partial charge in [0.2, 0.25) is 11.8 Å². The molecule has 0 saturated heterocycles. The van der Waals surface area contributed by atoms with Crippen molar-refractivity contribution in [3.63, 3.8) is 0 Å². The van der Waals surface area contributed by atoms with Crippen molar-refractivity contribution < 1.29 is 19.5 Å². The quantitative estimate of drug-likeness (QED) is 0.750. The van der Waals surface area contributed by atoms with Crippen LogP contribution in [0.2, 0.25) is 0 Å². The van der Waals surface area contributed by atoms with Gasteiger partial charge in [-0.05, 0) is 17.7 Å². The van der Waals surface area contributed by atoms with Gasteiger partial charge in [-0.2, -0.15) is 0 Å². The second kappa shape index (κ2) is 7.44. The summed E-state index contributed by atoms with van der Waals surface area (Å²) in [7, 11) is 0. The fraction of sp³-hybridized carbons (Fsp3) is 0.154. The molecule has 2 amide bonds. The third-order valence-corrected chi connectivity index (χ3v) is 3.02. The maximum atomic E-state index is 11.9. The number of carbonyl (C=O) groups excluding carboxylic acids is 2. The Labute approximate surface area is 124 Å². The highest BCUT2D eigenvalue weighted by Crippen LogP contribution is 2.17. The number of carboxylic acids is 1. The van der Waals surface area contributed by atoms with Gasteiger partial charge in [0, 0.05) is 10.5 Å². The van der Waals surface area contributed by atoms with Gasteiger partial charge >= 0.3 is 5.97 Å². The Morgan fingerprint density at radius 2 is 1.90 bits per heavy atom. The average Bonchev–Trinajstić information content (AvgIpc) is 2.35. The standard InChI is InChI=1S/C13H13BrN2O4/c14-10-4-2-1-3-9(10)5-6-12(18)16(7-11(15)17)8-13(19)20/h1-6H,7-8H2,(H2,15,17)(H,19,20)/b6-5+. The van der Waals surface area contributed by atoms with Crippen LogP contribution in [0, 0.1) is 0 Å². The zero-order valence-electron chi connectivity index (χ0n) is 10.5. The molecule has 0 heterocycles. The fourth-order valence-corrected chi connectivity index (χ4v) is 1.86. The Hall–Kier alpha value is -2.15. The maximum Gasteiger partial charge on any atom is 0.323 e. The summed E-state index contributed by atoms with van der Waals surface area (Å²) in [5.41, 5.74) is 5.74. The first-order chi connectivity index (χ1) is 9.40. The Morgan fingerprint density at radius 1 is 1.25 bits per heavy atom. The molecule has 7 heteroatoms. The number of aliphatic carboxylic acids is 1. The number of hydrogen-bond acceptors (Lipinski definition) is 3. The molecule has 0 unspecified atom stereocenters. The van der Waals surface area contributed by atoms with Crippen LogP contribution in [0.25, 0.3) is 6.08 Å². The minimum Gasteiger partial charge on any atom is -0.480 e. The van der Waals surface area contributed by atoms with Gasteiger partial charge in [0.15, 0.2) is 0 Å². The summed E-state index contributed by atoms with van der Waals surface area (Å²) in [5, 5.41) is 8.70. The van der Waals surface area contributed by atoms with Crippen LogP contribution in [0.1, 0.15) is 5.56 Å². The van der Waals surface area contributed by atoms with E-state index in [1.54, 1.807) is 12.1 Å². The highest BCUT2D eigenvalue weighted by atomic mass is 79.9. The lowest BCUT2D eigenvalue weighted by molar-refractivity contribution is -0.143. The molecule has 0 spiro atoms. The zero-order chi connectivity index (χ0) is 15.1. The number of carboxylic acid groups (broad SMARTS) is 1. The van der Waals surface area contributed by atoms with E-state index in [0.717, 1.165) is 14.9 Å². The summed E-state index contributed by atoms with van der Waals surface area (Å²) in [6.07, 6.45) is 2.73. The van der Waals surface area contributed by atoms with Crippen molar-refractivity contribution in [3.05, 3.63) is 40.4 Å². The van der Waals surface area contributed by atoms with E-state index in [2.05, 4.69) is 15.9 Å². The molecule has 0 radical (unpaired) electrons. The van der Waals surface area contributed by atoms with Gasteiger partial charge in [-0.1, -0.05) is 34.1 Å². The van der Waals surface area contributed by atoms with Gasteiger partial charge in [0.25, 0.3) is 0 Å². The van der Waals surface area contributed by atoms with Gasteiger partial charge in [-0.25, -0.2) is 0 Å². The Kier molecular flexibility index (Phi) is 5.92. The van der Waals surface area contributed by atoms with E-state index in [1.165, 1.54) is 12.2 Å². The van der Waals surface area contributed by atoms with E-state index in [4.69, 9.17) is 10.8 Å². The molecular weight excluding hydrogens is 328 g/mol. The Balaban J connectivity index is 2.82. The van der Waals surface area contributed by atoms with Crippen molar-refractivity contribution in [2.75, 3.05) is 13.1 Å². The van der Waals surface area contributed by atoms with Gasteiger partial charge < -0.3 is 15.7 Å². The number of primary amides is 1. The lowest BCUT2D eigenvalue weighted by Gasteiger charge is -2.16. The summed E-state index contributed by atoms with van der Waals surface area (Å²) >= 11 is 3.32. The summed E-state index contributed by atoms with van der Waals surface area (Å²) in [6.45, 7) is -1.02. The maximum absolute atomic E-state index is 11.9. The molecule has 0 atom stereocenters. The van der Waals surface area contributed by atoms with Crippen molar-refractivity contribution in [3.8, 4) is 0 Å². The van der Waals surface area contributed by atoms with Gasteiger partial charge in [-0.3, -0.25) is 14.4 Å². The van der Waals surface area contributed by atoms with Crippen LogP contribution in [0.5, 0.6) is 0 Å². The third-order valence-electron chi connectivity index (χ3n) is 2.30. The van der Waals surface area contributed by atoms with E-state index < -0.39 is 30.9 Å². The van der Waals surface area contributed by atoms with Gasteiger partial charge in [0.05, 0.1) is 0 Å². The van der Waals surface area contributed by atoms with Crippen LogP contribution in [-0.2, 0) is 14.4 Å². The first-order valence-corrected chi connectivity index (χ1v) is 6.41. The predicted octanol–water partition coefficient (Wildman–Crippen LogP) is 0.861. The molecule has 1 aromatic rings. The monoisotopic (exact) mass is 340 g/mol. The summed E-state index contributed by atoms with van der Waals surface area (Å²) in [4.78, 5) is 34.2. The molecule has 106 valence electrons. The average molecular weight is 341 g/mol. The number of nitrogens with zero attached hydrogens (tertiary/aromatic N) is 1. The normalized spacial score (nSPS) is 10.4. The molecule has 1 aromatic carbocycles. The number of rotatable bonds is 6. The summed E-state index contributed by atoms with van der Waals surface area (Å²) in [6, 6.07) is 7.21. The van der Waals surface area contributed by atoms with Crippen molar-refractivity contribution >= 4 is 39.8 Å². The minimum atomic E-state index is -1.21. The zero-order valence-corrected chi connectivity index (χ0v) is 12.0. The topological polar surface area (TPSA) is 101 Å². The molecular formula is C13H13BrN2O4. The van der Waals surface area contributed by atoms with Gasteiger partial charge in [0.1, 0.15) is 13.1 Å². The molecule has 0 saturated carbocycles. The van der Waals surface area contributed by atoms with Crippen LogP contribution >= 0.6 is 15.9 Å². The number of hydrogen-bond donors (Lipinski definition) is 2. The number of benzene rings is 1. The smallest absolute Gasteiger partial charge is 0.323 e. The van der Waals surface area contributed by atoms with E-state index in [-0.39, 0.29) is 0 Å². The molecule has 20 heavy (non-hydrogen) atoms. The number of halogens is 1. The lowest BCUT2D eigenvalue weighted by atomic mass is 10.2. The van der Waals surface area contributed by atoms with E-state index >= 15 is 0 Å². The molecule has 6 nitrogen and oxygen atoms in total. The van der Waals surface area contributed by atoms with Crippen LogP contribution in [0.4, 0.5) is 0 Å².